The fourth-order valence-corrected chi connectivity index (χ4v) is 3.59. The minimum atomic E-state index is -3.70. The Bertz CT molecular complexity index is 753. The molecule has 21 heavy (non-hydrogen) atoms. The topological polar surface area (TPSA) is 71.1 Å². The van der Waals surface area contributed by atoms with Gasteiger partial charge in [0.25, 0.3) is 10.0 Å². The average molecular weight is 391 g/mol. The molecule has 0 saturated carbocycles. The largest absolute Gasteiger partial charge is 0.316 e. The highest BCUT2D eigenvalue weighted by atomic mass is 79.9. The van der Waals surface area contributed by atoms with Gasteiger partial charge in [0.2, 0.25) is 0 Å². The number of anilines is 1. The lowest BCUT2D eigenvalue weighted by molar-refractivity contribution is 0.601. The molecule has 2 rings (SSSR count). The molecule has 1 heterocycles. The second-order valence-electron chi connectivity index (χ2n) is 4.24. The van der Waals surface area contributed by atoms with E-state index in [1.54, 1.807) is 19.2 Å². The Morgan fingerprint density at radius 1 is 1.33 bits per heavy atom. The number of pyridine rings is 1. The number of rotatable bonds is 5. The van der Waals surface area contributed by atoms with Crippen LogP contribution in [-0.4, -0.2) is 20.4 Å². The number of halogens is 2. The molecule has 1 aromatic carbocycles. The van der Waals surface area contributed by atoms with E-state index in [2.05, 4.69) is 31.0 Å². The molecule has 0 fully saturated rings. The van der Waals surface area contributed by atoms with E-state index in [-0.39, 0.29) is 4.90 Å². The SMILES string of the molecule is CNCc1ccc(S(=O)(=O)Nc2ccncc2Br)cc1Cl. The Hall–Kier alpha value is -1.15. The van der Waals surface area contributed by atoms with E-state index < -0.39 is 10.0 Å². The van der Waals surface area contributed by atoms with Crippen LogP contribution in [0.3, 0.4) is 0 Å². The van der Waals surface area contributed by atoms with Gasteiger partial charge in [-0.25, -0.2) is 8.42 Å². The first-order valence-electron chi connectivity index (χ1n) is 5.99. The first kappa shape index (κ1) is 16.2. The van der Waals surface area contributed by atoms with E-state index in [1.807, 2.05) is 0 Å². The number of hydrogen-bond donors (Lipinski definition) is 2. The maximum Gasteiger partial charge on any atom is 0.261 e. The third-order valence-corrected chi connectivity index (χ3v) is 5.07. The van der Waals surface area contributed by atoms with E-state index in [9.17, 15) is 8.42 Å². The zero-order valence-electron chi connectivity index (χ0n) is 11.1. The molecule has 112 valence electrons. The molecule has 2 N–H and O–H groups in total. The van der Waals surface area contributed by atoms with Crippen molar-refractivity contribution in [3.63, 3.8) is 0 Å². The smallest absolute Gasteiger partial charge is 0.261 e. The molecule has 0 spiro atoms. The van der Waals surface area contributed by atoms with Gasteiger partial charge in [0.15, 0.2) is 0 Å². The molecule has 2 aromatic rings. The normalized spacial score (nSPS) is 11.4. The number of sulfonamides is 1. The van der Waals surface area contributed by atoms with Crippen LogP contribution >= 0.6 is 27.5 Å². The maximum atomic E-state index is 12.3. The van der Waals surface area contributed by atoms with Gasteiger partial charge < -0.3 is 5.32 Å². The molecule has 0 unspecified atom stereocenters. The summed E-state index contributed by atoms with van der Waals surface area (Å²) in [6.07, 6.45) is 3.02. The summed E-state index contributed by atoms with van der Waals surface area (Å²) >= 11 is 9.34. The van der Waals surface area contributed by atoms with Gasteiger partial charge in [0, 0.05) is 24.0 Å². The van der Waals surface area contributed by atoms with Crippen molar-refractivity contribution in [1.29, 1.82) is 0 Å². The standard InChI is InChI=1S/C13H13BrClN3O2S/c1-16-7-9-2-3-10(6-12(9)15)21(19,20)18-13-4-5-17-8-11(13)14/h2-6,8,16H,7H2,1H3,(H,17,18). The van der Waals surface area contributed by atoms with Crippen molar-refractivity contribution in [2.24, 2.45) is 0 Å². The van der Waals surface area contributed by atoms with E-state index >= 15 is 0 Å². The van der Waals surface area contributed by atoms with Gasteiger partial charge in [-0.2, -0.15) is 0 Å². The van der Waals surface area contributed by atoms with Crippen LogP contribution in [0.4, 0.5) is 5.69 Å². The fourth-order valence-electron chi connectivity index (χ4n) is 1.69. The summed E-state index contributed by atoms with van der Waals surface area (Å²) in [5, 5.41) is 3.37. The summed E-state index contributed by atoms with van der Waals surface area (Å²) in [6.45, 7) is 0.572. The van der Waals surface area contributed by atoms with Crippen LogP contribution in [0.15, 0.2) is 46.0 Å². The minimum absolute atomic E-state index is 0.107. The van der Waals surface area contributed by atoms with Gasteiger partial charge in [0.1, 0.15) is 0 Å². The van der Waals surface area contributed by atoms with Crippen molar-refractivity contribution < 1.29 is 8.42 Å². The van der Waals surface area contributed by atoms with Gasteiger partial charge in [0.05, 0.1) is 15.1 Å². The first-order chi connectivity index (χ1) is 9.94. The van der Waals surface area contributed by atoms with Crippen molar-refractivity contribution in [2.75, 3.05) is 11.8 Å². The van der Waals surface area contributed by atoms with Gasteiger partial charge in [-0.1, -0.05) is 17.7 Å². The molecular weight excluding hydrogens is 378 g/mol. The summed E-state index contributed by atoms with van der Waals surface area (Å²) in [6, 6.07) is 6.22. The molecule has 0 radical (unpaired) electrons. The van der Waals surface area contributed by atoms with Crippen LogP contribution in [0, 0.1) is 0 Å². The maximum absolute atomic E-state index is 12.3. The predicted molar refractivity (Wildman–Crippen MR) is 87.0 cm³/mol. The summed E-state index contributed by atoms with van der Waals surface area (Å²) in [5.74, 6) is 0. The zero-order valence-corrected chi connectivity index (χ0v) is 14.3. The van der Waals surface area contributed by atoms with Crippen molar-refractivity contribution in [3.8, 4) is 0 Å². The van der Waals surface area contributed by atoms with Crippen molar-refractivity contribution >= 4 is 43.2 Å². The second kappa shape index (κ2) is 6.74. The monoisotopic (exact) mass is 389 g/mol. The number of hydrogen-bond acceptors (Lipinski definition) is 4. The lowest BCUT2D eigenvalue weighted by Gasteiger charge is -2.11. The Morgan fingerprint density at radius 3 is 2.71 bits per heavy atom. The van der Waals surface area contributed by atoms with Gasteiger partial charge in [-0.3, -0.25) is 9.71 Å². The van der Waals surface area contributed by atoms with E-state index in [0.29, 0.717) is 21.7 Å². The molecule has 5 nitrogen and oxygen atoms in total. The van der Waals surface area contributed by atoms with Gasteiger partial charge in [-0.15, -0.1) is 0 Å². The Labute approximate surface area is 136 Å². The van der Waals surface area contributed by atoms with Crippen molar-refractivity contribution in [2.45, 2.75) is 11.4 Å². The second-order valence-corrected chi connectivity index (χ2v) is 7.19. The van der Waals surface area contributed by atoms with Crippen LogP contribution in [-0.2, 0) is 16.6 Å². The highest BCUT2D eigenvalue weighted by Crippen LogP contribution is 2.26. The molecule has 0 aliphatic carbocycles. The molecule has 0 aliphatic rings. The summed E-state index contributed by atoms with van der Waals surface area (Å²) in [5.41, 5.74) is 1.25. The van der Waals surface area contributed by atoms with E-state index in [4.69, 9.17) is 11.6 Å². The van der Waals surface area contributed by atoms with Gasteiger partial charge >= 0.3 is 0 Å². The molecule has 0 amide bonds. The molecule has 1 aromatic heterocycles. The summed E-state index contributed by atoms with van der Waals surface area (Å²) in [4.78, 5) is 3.99. The van der Waals surface area contributed by atoms with Gasteiger partial charge in [-0.05, 0) is 46.7 Å². The highest BCUT2D eigenvalue weighted by molar-refractivity contribution is 9.10. The Balaban J connectivity index is 2.32. The van der Waals surface area contributed by atoms with Crippen LogP contribution in [0.25, 0.3) is 0 Å². The molecule has 0 bridgehead atoms. The third kappa shape index (κ3) is 3.94. The highest BCUT2D eigenvalue weighted by Gasteiger charge is 2.17. The summed E-state index contributed by atoms with van der Waals surface area (Å²) < 4.78 is 27.8. The van der Waals surface area contributed by atoms with E-state index in [1.165, 1.54) is 24.5 Å². The lowest BCUT2D eigenvalue weighted by atomic mass is 10.2. The van der Waals surface area contributed by atoms with Crippen LogP contribution in [0.5, 0.6) is 0 Å². The molecule has 8 heteroatoms. The van der Waals surface area contributed by atoms with Crippen molar-refractivity contribution in [3.05, 3.63) is 51.7 Å². The predicted octanol–water partition coefficient (Wildman–Crippen LogP) is 3.02. The van der Waals surface area contributed by atoms with Crippen molar-refractivity contribution in [1.82, 2.24) is 10.3 Å². The quantitative estimate of drug-likeness (QED) is 0.823. The Kier molecular flexibility index (Phi) is 5.21. The average Bonchev–Trinajstić information content (AvgIpc) is 2.43. The van der Waals surface area contributed by atoms with Crippen LogP contribution in [0.1, 0.15) is 5.56 Å². The number of nitrogens with zero attached hydrogens (tertiary/aromatic N) is 1. The fraction of sp³-hybridized carbons (Fsp3) is 0.154. The number of aromatic nitrogens is 1. The molecule has 0 aliphatic heterocycles. The van der Waals surface area contributed by atoms with Crippen LogP contribution in [0.2, 0.25) is 5.02 Å². The first-order valence-corrected chi connectivity index (χ1v) is 8.65. The molecule has 0 atom stereocenters. The minimum Gasteiger partial charge on any atom is -0.316 e. The number of benzene rings is 1. The van der Waals surface area contributed by atoms with E-state index in [0.717, 1.165) is 5.56 Å². The molecule has 0 saturated heterocycles. The Morgan fingerprint density at radius 2 is 2.10 bits per heavy atom. The van der Waals surface area contributed by atoms with Crippen LogP contribution < -0.4 is 10.0 Å². The zero-order chi connectivity index (χ0) is 15.5. The molecular formula is C13H13BrClN3O2S. The number of nitrogens with one attached hydrogen (secondary N) is 2. The lowest BCUT2D eigenvalue weighted by Crippen LogP contribution is -2.14. The third-order valence-electron chi connectivity index (χ3n) is 2.72. The summed E-state index contributed by atoms with van der Waals surface area (Å²) in [7, 11) is -1.91.